The van der Waals surface area contributed by atoms with Crippen LogP contribution in [0.4, 0.5) is 23.2 Å². The Kier molecular flexibility index (Phi) is 5.39. The molecule has 0 aliphatic carbocycles. The van der Waals surface area contributed by atoms with Crippen LogP contribution in [-0.4, -0.2) is 21.1 Å². The molecular weight excluding hydrogens is 368 g/mol. The molecule has 0 atom stereocenters. The lowest BCUT2D eigenvalue weighted by molar-refractivity contribution is -0.135. The van der Waals surface area contributed by atoms with Gasteiger partial charge in [0.15, 0.2) is 0 Å². The van der Waals surface area contributed by atoms with Crippen LogP contribution in [-0.2, 0) is 10.0 Å². The summed E-state index contributed by atoms with van der Waals surface area (Å²) in [6.45, 7) is -0.393. The van der Waals surface area contributed by atoms with Crippen LogP contribution in [0.2, 0.25) is 0 Å². The molecule has 0 aromatic heterocycles. The van der Waals surface area contributed by atoms with Crippen molar-refractivity contribution in [3.63, 3.8) is 0 Å². The van der Waals surface area contributed by atoms with Crippen LogP contribution < -0.4 is 10.5 Å². The van der Waals surface area contributed by atoms with Gasteiger partial charge in [0.1, 0.15) is 10.7 Å². The van der Waals surface area contributed by atoms with Gasteiger partial charge in [-0.25, -0.2) is 17.5 Å². The Labute approximate surface area is 121 Å². The largest absolute Gasteiger partial charge is 0.398 e. The van der Waals surface area contributed by atoms with E-state index >= 15 is 0 Å². The van der Waals surface area contributed by atoms with E-state index in [2.05, 4.69) is 15.9 Å². The molecule has 0 radical (unpaired) electrons. The van der Waals surface area contributed by atoms with Crippen molar-refractivity contribution in [2.45, 2.75) is 23.9 Å². The summed E-state index contributed by atoms with van der Waals surface area (Å²) >= 11 is 2.81. The molecule has 0 heterocycles. The summed E-state index contributed by atoms with van der Waals surface area (Å²) in [5.41, 5.74) is 5.06. The number of anilines is 1. The zero-order valence-corrected chi connectivity index (χ0v) is 12.4. The number of nitrogens with two attached hydrogens (primary N) is 1. The van der Waals surface area contributed by atoms with E-state index in [0.717, 1.165) is 12.1 Å². The summed E-state index contributed by atoms with van der Waals surface area (Å²) in [5.74, 6) is -0.737. The summed E-state index contributed by atoms with van der Waals surface area (Å²) in [6.07, 6.45) is -5.84. The van der Waals surface area contributed by atoms with Gasteiger partial charge in [0.25, 0.3) is 0 Å². The predicted molar refractivity (Wildman–Crippen MR) is 69.0 cm³/mol. The van der Waals surface area contributed by atoms with Gasteiger partial charge >= 0.3 is 6.18 Å². The van der Waals surface area contributed by atoms with Gasteiger partial charge in [-0.1, -0.05) is 0 Å². The van der Waals surface area contributed by atoms with E-state index in [1.165, 1.54) is 0 Å². The Balaban J connectivity index is 2.77. The molecule has 1 rings (SSSR count). The quantitative estimate of drug-likeness (QED) is 0.470. The molecule has 0 amide bonds. The second-order valence-electron chi connectivity index (χ2n) is 3.92. The third-order valence-corrected chi connectivity index (χ3v) is 4.40. The van der Waals surface area contributed by atoms with Crippen LogP contribution in [0.1, 0.15) is 12.8 Å². The minimum absolute atomic E-state index is 0.109. The number of hydrogen-bond donors (Lipinski definition) is 2. The highest BCUT2D eigenvalue weighted by atomic mass is 79.9. The smallest absolute Gasteiger partial charge is 0.389 e. The molecule has 0 fully saturated rings. The fraction of sp³-hybridized carbons (Fsp3) is 0.400. The van der Waals surface area contributed by atoms with Crippen molar-refractivity contribution in [2.24, 2.45) is 0 Å². The minimum atomic E-state index is -4.34. The van der Waals surface area contributed by atoms with Gasteiger partial charge in [-0.05, 0) is 34.5 Å². The lowest BCUT2D eigenvalue weighted by Gasteiger charge is -2.10. The van der Waals surface area contributed by atoms with Crippen molar-refractivity contribution in [3.05, 3.63) is 22.4 Å². The Morgan fingerprint density at radius 2 is 1.90 bits per heavy atom. The molecular formula is C10H11BrF4N2O2S. The molecule has 0 saturated heterocycles. The maximum Gasteiger partial charge on any atom is 0.389 e. The van der Waals surface area contributed by atoms with Gasteiger partial charge in [0, 0.05) is 13.0 Å². The van der Waals surface area contributed by atoms with E-state index in [1.54, 1.807) is 0 Å². The van der Waals surface area contributed by atoms with E-state index in [4.69, 9.17) is 5.73 Å². The third-order valence-electron chi connectivity index (χ3n) is 2.27. The van der Waals surface area contributed by atoms with Crippen molar-refractivity contribution in [2.75, 3.05) is 12.3 Å². The SMILES string of the molecule is Nc1cc(F)c(Br)cc1S(=O)(=O)NCCCC(F)(F)F. The first-order valence-corrected chi connectivity index (χ1v) is 7.61. The maximum atomic E-state index is 13.1. The van der Waals surface area contributed by atoms with Crippen LogP contribution >= 0.6 is 15.9 Å². The number of alkyl halides is 3. The highest BCUT2D eigenvalue weighted by Gasteiger charge is 2.26. The van der Waals surface area contributed by atoms with Crippen LogP contribution in [0.25, 0.3) is 0 Å². The first-order chi connectivity index (χ1) is 9.03. The Morgan fingerprint density at radius 1 is 1.30 bits per heavy atom. The minimum Gasteiger partial charge on any atom is -0.398 e. The molecule has 4 nitrogen and oxygen atoms in total. The molecule has 114 valence electrons. The zero-order chi connectivity index (χ0) is 15.6. The first kappa shape index (κ1) is 17.2. The lowest BCUT2D eigenvalue weighted by Crippen LogP contribution is -2.26. The summed E-state index contributed by atoms with van der Waals surface area (Å²) in [7, 11) is -4.09. The fourth-order valence-electron chi connectivity index (χ4n) is 1.35. The van der Waals surface area contributed by atoms with Crippen molar-refractivity contribution in [1.82, 2.24) is 4.72 Å². The number of halogens is 5. The average molecular weight is 379 g/mol. The van der Waals surface area contributed by atoms with Gasteiger partial charge in [0.05, 0.1) is 10.2 Å². The van der Waals surface area contributed by atoms with Crippen molar-refractivity contribution in [3.8, 4) is 0 Å². The molecule has 3 N–H and O–H groups in total. The van der Waals surface area contributed by atoms with Crippen molar-refractivity contribution >= 4 is 31.6 Å². The first-order valence-electron chi connectivity index (χ1n) is 5.34. The molecule has 0 spiro atoms. The van der Waals surface area contributed by atoms with Crippen LogP contribution in [0, 0.1) is 5.82 Å². The molecule has 10 heteroatoms. The van der Waals surface area contributed by atoms with Crippen molar-refractivity contribution in [1.29, 1.82) is 0 Å². The Bertz CT molecular complexity index is 590. The number of sulfonamides is 1. The molecule has 1 aromatic rings. The normalized spacial score (nSPS) is 12.7. The summed E-state index contributed by atoms with van der Waals surface area (Å²) in [5, 5.41) is 0. The molecule has 0 aliphatic heterocycles. The molecule has 0 unspecified atom stereocenters. The monoisotopic (exact) mass is 378 g/mol. The predicted octanol–water partition coefficient (Wildman–Crippen LogP) is 2.79. The number of nitrogen functional groups attached to an aromatic ring is 1. The highest BCUT2D eigenvalue weighted by molar-refractivity contribution is 9.10. The average Bonchev–Trinajstić information content (AvgIpc) is 2.28. The molecule has 0 aliphatic rings. The summed E-state index contributed by atoms with van der Waals surface area (Å²) in [4.78, 5) is -0.391. The Hall–Kier alpha value is -0.870. The summed E-state index contributed by atoms with van der Waals surface area (Å²) < 4.78 is 74.4. The van der Waals surface area contributed by atoms with Gasteiger partial charge in [-0.15, -0.1) is 0 Å². The second kappa shape index (κ2) is 6.27. The summed E-state index contributed by atoms with van der Waals surface area (Å²) in [6, 6.07) is 1.77. The number of rotatable bonds is 5. The van der Waals surface area contributed by atoms with E-state index in [0.29, 0.717) is 0 Å². The van der Waals surface area contributed by atoms with E-state index in [9.17, 15) is 26.0 Å². The van der Waals surface area contributed by atoms with E-state index < -0.39 is 46.3 Å². The lowest BCUT2D eigenvalue weighted by atomic mass is 10.3. The van der Waals surface area contributed by atoms with E-state index in [-0.39, 0.29) is 10.2 Å². The number of nitrogens with one attached hydrogen (secondary N) is 1. The molecule has 20 heavy (non-hydrogen) atoms. The third kappa shape index (κ3) is 4.91. The fourth-order valence-corrected chi connectivity index (χ4v) is 3.06. The number of hydrogen-bond acceptors (Lipinski definition) is 3. The maximum absolute atomic E-state index is 13.1. The van der Waals surface area contributed by atoms with Gasteiger partial charge in [-0.2, -0.15) is 13.2 Å². The van der Waals surface area contributed by atoms with E-state index in [1.807, 2.05) is 4.72 Å². The topological polar surface area (TPSA) is 72.2 Å². The standard InChI is InChI=1S/C10H11BrF4N2O2S/c11-6-4-9(8(16)5-7(6)12)20(18,19)17-3-1-2-10(13,14)15/h4-5,17H,1-3,16H2. The van der Waals surface area contributed by atoms with Gasteiger partial charge in [-0.3, -0.25) is 0 Å². The second-order valence-corrected chi connectivity index (χ2v) is 6.51. The van der Waals surface area contributed by atoms with Gasteiger partial charge < -0.3 is 5.73 Å². The van der Waals surface area contributed by atoms with Crippen LogP contribution in [0.3, 0.4) is 0 Å². The number of benzene rings is 1. The molecule has 1 aromatic carbocycles. The van der Waals surface area contributed by atoms with Crippen LogP contribution in [0.5, 0.6) is 0 Å². The molecule has 0 bridgehead atoms. The molecule has 0 saturated carbocycles. The van der Waals surface area contributed by atoms with Crippen molar-refractivity contribution < 1.29 is 26.0 Å². The van der Waals surface area contributed by atoms with Gasteiger partial charge in [0.2, 0.25) is 10.0 Å². The highest BCUT2D eigenvalue weighted by Crippen LogP contribution is 2.26. The zero-order valence-electron chi connectivity index (χ0n) is 9.97. The van der Waals surface area contributed by atoms with Crippen LogP contribution in [0.15, 0.2) is 21.5 Å². The Morgan fingerprint density at radius 3 is 2.45 bits per heavy atom.